The summed E-state index contributed by atoms with van der Waals surface area (Å²) in [6, 6.07) is 5.36. The summed E-state index contributed by atoms with van der Waals surface area (Å²) in [5.74, 6) is 1.92. The van der Waals surface area contributed by atoms with Crippen molar-refractivity contribution in [1.29, 1.82) is 0 Å². The van der Waals surface area contributed by atoms with E-state index >= 15 is 0 Å². The molecule has 0 bridgehead atoms. The molecule has 116 valence electrons. The number of amides is 1. The molecule has 0 N–H and O–H groups in total. The highest BCUT2D eigenvalue weighted by Crippen LogP contribution is 2.21. The van der Waals surface area contributed by atoms with Gasteiger partial charge in [0, 0.05) is 18.8 Å². The molecular formula is C16H19N3O3. The lowest BCUT2D eigenvalue weighted by Crippen LogP contribution is -2.44. The van der Waals surface area contributed by atoms with Crippen molar-refractivity contribution in [2.24, 2.45) is 0 Å². The molecule has 1 aliphatic heterocycles. The van der Waals surface area contributed by atoms with E-state index in [1.165, 1.54) is 0 Å². The first-order valence-corrected chi connectivity index (χ1v) is 7.44. The number of aromatic nitrogens is 2. The van der Waals surface area contributed by atoms with Crippen molar-refractivity contribution in [1.82, 2.24) is 15.1 Å². The zero-order valence-electron chi connectivity index (χ0n) is 12.8. The Balaban J connectivity index is 1.68. The van der Waals surface area contributed by atoms with Crippen molar-refractivity contribution in [3.05, 3.63) is 41.5 Å². The van der Waals surface area contributed by atoms with Crippen LogP contribution in [0.3, 0.4) is 0 Å². The summed E-state index contributed by atoms with van der Waals surface area (Å²) in [5, 5.41) is 7.73. The Morgan fingerprint density at radius 3 is 3.00 bits per heavy atom. The number of hydrogen-bond donors (Lipinski definition) is 0. The van der Waals surface area contributed by atoms with Gasteiger partial charge in [0.05, 0.1) is 12.1 Å². The second kappa shape index (κ2) is 6.17. The van der Waals surface area contributed by atoms with Gasteiger partial charge in [0.1, 0.15) is 17.6 Å². The SMILES string of the molecule is Cc1cc(C(=O)N2CCC[C@H](Oc3cccnn3)C2)c(C)o1. The van der Waals surface area contributed by atoms with Crippen LogP contribution >= 0.6 is 0 Å². The summed E-state index contributed by atoms with van der Waals surface area (Å²) in [6.07, 6.45) is 3.37. The molecule has 0 radical (unpaired) electrons. The molecule has 0 saturated carbocycles. The minimum absolute atomic E-state index is 0.00166. The largest absolute Gasteiger partial charge is 0.471 e. The molecule has 1 amide bonds. The van der Waals surface area contributed by atoms with Crippen LogP contribution in [-0.2, 0) is 0 Å². The van der Waals surface area contributed by atoms with Crippen molar-refractivity contribution in [2.45, 2.75) is 32.8 Å². The molecule has 2 aromatic rings. The molecule has 22 heavy (non-hydrogen) atoms. The van der Waals surface area contributed by atoms with Gasteiger partial charge in [-0.1, -0.05) is 0 Å². The van der Waals surface area contributed by atoms with E-state index in [1.807, 2.05) is 18.7 Å². The third-order valence-corrected chi connectivity index (χ3v) is 3.77. The van der Waals surface area contributed by atoms with Crippen LogP contribution in [0.1, 0.15) is 34.7 Å². The lowest BCUT2D eigenvalue weighted by atomic mass is 10.1. The minimum atomic E-state index is -0.0531. The van der Waals surface area contributed by atoms with Gasteiger partial charge < -0.3 is 14.1 Å². The van der Waals surface area contributed by atoms with E-state index in [0.717, 1.165) is 25.1 Å². The van der Waals surface area contributed by atoms with Gasteiger partial charge in [0.25, 0.3) is 5.91 Å². The molecular weight excluding hydrogens is 282 g/mol. The Labute approximate surface area is 129 Å². The Hall–Kier alpha value is -2.37. The number of furan rings is 1. The fraction of sp³-hybridized carbons (Fsp3) is 0.438. The predicted molar refractivity (Wildman–Crippen MR) is 79.8 cm³/mol. The maximum atomic E-state index is 12.6. The van der Waals surface area contributed by atoms with Gasteiger partial charge >= 0.3 is 0 Å². The van der Waals surface area contributed by atoms with Crippen molar-refractivity contribution in [3.8, 4) is 5.88 Å². The Kier molecular flexibility index (Phi) is 4.09. The molecule has 3 rings (SSSR count). The fourth-order valence-electron chi connectivity index (χ4n) is 2.75. The van der Waals surface area contributed by atoms with Crippen LogP contribution in [0.15, 0.2) is 28.8 Å². The maximum absolute atomic E-state index is 12.6. The number of hydrogen-bond acceptors (Lipinski definition) is 5. The molecule has 0 unspecified atom stereocenters. The number of rotatable bonds is 3. The number of ether oxygens (including phenoxy) is 1. The molecule has 0 spiro atoms. The molecule has 0 aliphatic carbocycles. The Bertz CT molecular complexity index is 654. The summed E-state index contributed by atoms with van der Waals surface area (Å²) in [7, 11) is 0. The van der Waals surface area contributed by atoms with Crippen molar-refractivity contribution in [3.63, 3.8) is 0 Å². The van der Waals surface area contributed by atoms with E-state index in [1.54, 1.807) is 24.4 Å². The van der Waals surface area contributed by atoms with Gasteiger partial charge in [-0.05, 0) is 38.8 Å². The smallest absolute Gasteiger partial charge is 0.257 e. The molecule has 2 aromatic heterocycles. The van der Waals surface area contributed by atoms with Crippen LogP contribution in [0.4, 0.5) is 0 Å². The molecule has 1 atom stereocenters. The van der Waals surface area contributed by atoms with Gasteiger partial charge in [-0.25, -0.2) is 0 Å². The molecule has 0 aromatic carbocycles. The first kappa shape index (κ1) is 14.6. The molecule has 1 aliphatic rings. The Morgan fingerprint density at radius 2 is 2.32 bits per heavy atom. The predicted octanol–water partition coefficient (Wildman–Crippen LogP) is 2.37. The molecule has 3 heterocycles. The van der Waals surface area contributed by atoms with Gasteiger partial charge in [-0.3, -0.25) is 4.79 Å². The van der Waals surface area contributed by atoms with Crippen molar-refractivity contribution < 1.29 is 13.9 Å². The van der Waals surface area contributed by atoms with Crippen molar-refractivity contribution in [2.75, 3.05) is 13.1 Å². The molecule has 6 nitrogen and oxygen atoms in total. The van der Waals surface area contributed by atoms with Crippen molar-refractivity contribution >= 4 is 5.91 Å². The number of nitrogens with zero attached hydrogens (tertiary/aromatic N) is 3. The van der Waals surface area contributed by atoms with Gasteiger partial charge in [-0.2, -0.15) is 5.10 Å². The Morgan fingerprint density at radius 1 is 1.45 bits per heavy atom. The van der Waals surface area contributed by atoms with E-state index in [-0.39, 0.29) is 12.0 Å². The normalized spacial score (nSPS) is 18.3. The van der Waals surface area contributed by atoms with E-state index in [9.17, 15) is 4.79 Å². The summed E-state index contributed by atoms with van der Waals surface area (Å²) in [6.45, 7) is 4.96. The second-order valence-electron chi connectivity index (χ2n) is 5.52. The third kappa shape index (κ3) is 3.10. The molecule has 1 fully saturated rings. The lowest BCUT2D eigenvalue weighted by molar-refractivity contribution is 0.0524. The maximum Gasteiger partial charge on any atom is 0.257 e. The zero-order chi connectivity index (χ0) is 15.5. The van der Waals surface area contributed by atoms with E-state index in [2.05, 4.69) is 10.2 Å². The first-order valence-electron chi connectivity index (χ1n) is 7.44. The highest BCUT2D eigenvalue weighted by Gasteiger charge is 2.27. The number of likely N-dealkylation sites (tertiary alicyclic amines) is 1. The summed E-state index contributed by atoms with van der Waals surface area (Å²) in [4.78, 5) is 14.4. The number of carbonyl (C=O) groups is 1. The first-order chi connectivity index (χ1) is 10.6. The average Bonchev–Trinajstić information content (AvgIpc) is 2.86. The lowest BCUT2D eigenvalue weighted by Gasteiger charge is -2.32. The van der Waals surface area contributed by atoms with Crippen LogP contribution in [0.25, 0.3) is 0 Å². The van der Waals surface area contributed by atoms with Gasteiger partial charge in [0.15, 0.2) is 0 Å². The van der Waals surface area contributed by atoms with E-state index in [0.29, 0.717) is 23.7 Å². The summed E-state index contributed by atoms with van der Waals surface area (Å²) < 4.78 is 11.3. The van der Waals surface area contributed by atoms with Gasteiger partial charge in [-0.15, -0.1) is 5.10 Å². The van der Waals surface area contributed by atoms with Gasteiger partial charge in [0.2, 0.25) is 5.88 Å². The highest BCUT2D eigenvalue weighted by atomic mass is 16.5. The van der Waals surface area contributed by atoms with Crippen LogP contribution in [-0.4, -0.2) is 40.2 Å². The summed E-state index contributed by atoms with van der Waals surface area (Å²) in [5.41, 5.74) is 0.637. The molecule has 6 heteroatoms. The standard InChI is InChI=1S/C16H19N3O3/c1-11-9-14(12(2)21-11)16(20)19-8-4-5-13(10-19)22-15-6-3-7-17-18-15/h3,6-7,9,13H,4-5,8,10H2,1-2H3/t13-/m0/s1. The van der Waals surface area contributed by atoms with Crippen LogP contribution in [0.5, 0.6) is 5.88 Å². The zero-order valence-corrected chi connectivity index (χ0v) is 12.8. The molecule has 1 saturated heterocycles. The number of carbonyl (C=O) groups excluding carboxylic acids is 1. The monoisotopic (exact) mass is 301 g/mol. The number of aryl methyl sites for hydroxylation is 2. The highest BCUT2D eigenvalue weighted by molar-refractivity contribution is 5.95. The number of piperidine rings is 1. The third-order valence-electron chi connectivity index (χ3n) is 3.77. The quantitative estimate of drug-likeness (QED) is 0.870. The van der Waals surface area contributed by atoms with Crippen LogP contribution in [0, 0.1) is 13.8 Å². The fourth-order valence-corrected chi connectivity index (χ4v) is 2.75. The average molecular weight is 301 g/mol. The van der Waals surface area contributed by atoms with E-state index in [4.69, 9.17) is 9.15 Å². The second-order valence-corrected chi connectivity index (χ2v) is 5.52. The van der Waals surface area contributed by atoms with Crippen LogP contribution < -0.4 is 4.74 Å². The summed E-state index contributed by atoms with van der Waals surface area (Å²) >= 11 is 0. The topological polar surface area (TPSA) is 68.5 Å². The minimum Gasteiger partial charge on any atom is -0.471 e. The van der Waals surface area contributed by atoms with E-state index < -0.39 is 0 Å². The van der Waals surface area contributed by atoms with Crippen LogP contribution in [0.2, 0.25) is 0 Å².